The SMILES string of the molecule is Cc1c(-n2nnnc2SCC(=O)NCc2ccccc2)c(=O)n(-c2ccccc2)n1C. The van der Waals surface area contributed by atoms with Gasteiger partial charge in [0.05, 0.1) is 17.1 Å². The number of carbonyl (C=O) groups is 1. The summed E-state index contributed by atoms with van der Waals surface area (Å²) in [7, 11) is 1.81. The average molecular weight is 436 g/mol. The maximum atomic E-state index is 13.2. The Morgan fingerprint density at radius 2 is 1.74 bits per heavy atom. The number of tetrazole rings is 1. The predicted octanol–water partition coefficient (Wildman–Crippen LogP) is 1.87. The number of nitrogens with one attached hydrogen (secondary N) is 1. The number of carbonyl (C=O) groups excluding carboxylic acids is 1. The Bertz CT molecular complexity index is 1250. The van der Waals surface area contributed by atoms with Crippen LogP contribution in [0.25, 0.3) is 11.4 Å². The first-order valence-electron chi connectivity index (χ1n) is 9.62. The molecule has 2 aromatic carbocycles. The summed E-state index contributed by atoms with van der Waals surface area (Å²) in [6, 6.07) is 19.0. The van der Waals surface area contributed by atoms with Crippen LogP contribution in [-0.2, 0) is 18.4 Å². The van der Waals surface area contributed by atoms with E-state index in [9.17, 15) is 9.59 Å². The van der Waals surface area contributed by atoms with Gasteiger partial charge < -0.3 is 5.32 Å². The number of aromatic nitrogens is 6. The van der Waals surface area contributed by atoms with Crippen molar-refractivity contribution in [3.8, 4) is 11.4 Å². The van der Waals surface area contributed by atoms with Gasteiger partial charge in [-0.15, -0.1) is 5.10 Å². The maximum absolute atomic E-state index is 13.2. The molecule has 0 bridgehead atoms. The summed E-state index contributed by atoms with van der Waals surface area (Å²) in [6.07, 6.45) is 0. The van der Waals surface area contributed by atoms with Crippen LogP contribution in [-0.4, -0.2) is 41.2 Å². The van der Waals surface area contributed by atoms with Crippen molar-refractivity contribution in [1.29, 1.82) is 0 Å². The summed E-state index contributed by atoms with van der Waals surface area (Å²) in [5.74, 6) is -0.0127. The first kappa shape index (κ1) is 20.6. The van der Waals surface area contributed by atoms with E-state index in [1.165, 1.54) is 16.4 Å². The number of para-hydroxylation sites is 1. The van der Waals surface area contributed by atoms with Crippen LogP contribution >= 0.6 is 11.8 Å². The molecule has 0 fully saturated rings. The molecule has 0 saturated heterocycles. The van der Waals surface area contributed by atoms with Crippen LogP contribution in [0.5, 0.6) is 0 Å². The minimum absolute atomic E-state index is 0.131. The van der Waals surface area contributed by atoms with Crippen LogP contribution in [0, 0.1) is 6.92 Å². The highest BCUT2D eigenvalue weighted by molar-refractivity contribution is 7.99. The molecule has 0 spiro atoms. The Morgan fingerprint density at radius 3 is 2.45 bits per heavy atom. The first-order valence-corrected chi connectivity index (χ1v) is 10.6. The number of amides is 1. The Hall–Kier alpha value is -3.66. The third kappa shape index (κ3) is 4.29. The smallest absolute Gasteiger partial charge is 0.297 e. The topological polar surface area (TPSA) is 99.6 Å². The predicted molar refractivity (Wildman–Crippen MR) is 117 cm³/mol. The first-order chi connectivity index (χ1) is 15.1. The number of hydrogen-bond donors (Lipinski definition) is 1. The van der Waals surface area contributed by atoms with E-state index in [4.69, 9.17) is 0 Å². The van der Waals surface area contributed by atoms with Gasteiger partial charge >= 0.3 is 0 Å². The number of benzene rings is 2. The van der Waals surface area contributed by atoms with Gasteiger partial charge in [-0.2, -0.15) is 4.68 Å². The van der Waals surface area contributed by atoms with E-state index in [0.29, 0.717) is 23.1 Å². The van der Waals surface area contributed by atoms with Crippen molar-refractivity contribution in [3.63, 3.8) is 0 Å². The fourth-order valence-electron chi connectivity index (χ4n) is 3.18. The molecule has 0 saturated carbocycles. The Kier molecular flexibility index (Phi) is 5.99. The third-order valence-electron chi connectivity index (χ3n) is 4.84. The van der Waals surface area contributed by atoms with Crippen molar-refractivity contribution < 1.29 is 4.79 Å². The van der Waals surface area contributed by atoms with E-state index >= 15 is 0 Å². The van der Waals surface area contributed by atoms with Crippen molar-refractivity contribution in [1.82, 2.24) is 34.9 Å². The lowest BCUT2D eigenvalue weighted by molar-refractivity contribution is -0.118. The van der Waals surface area contributed by atoms with Crippen molar-refractivity contribution in [3.05, 3.63) is 82.3 Å². The van der Waals surface area contributed by atoms with E-state index in [0.717, 1.165) is 11.3 Å². The van der Waals surface area contributed by atoms with Crippen LogP contribution in [0.2, 0.25) is 0 Å². The molecule has 31 heavy (non-hydrogen) atoms. The van der Waals surface area contributed by atoms with Crippen LogP contribution < -0.4 is 10.9 Å². The second-order valence-corrected chi connectivity index (χ2v) is 7.78. The Labute approximate surface area is 182 Å². The van der Waals surface area contributed by atoms with Crippen molar-refractivity contribution in [2.45, 2.75) is 18.6 Å². The fraction of sp³-hybridized carbons (Fsp3) is 0.190. The van der Waals surface area contributed by atoms with E-state index in [1.807, 2.05) is 67.6 Å². The zero-order valence-electron chi connectivity index (χ0n) is 17.1. The summed E-state index contributed by atoms with van der Waals surface area (Å²) in [5, 5.41) is 15.0. The molecular weight excluding hydrogens is 414 g/mol. The van der Waals surface area contributed by atoms with Gasteiger partial charge in [-0.1, -0.05) is 60.3 Å². The van der Waals surface area contributed by atoms with E-state index in [2.05, 4.69) is 20.8 Å². The average Bonchev–Trinajstić information content (AvgIpc) is 3.34. The van der Waals surface area contributed by atoms with Crippen LogP contribution in [0.4, 0.5) is 0 Å². The summed E-state index contributed by atoms with van der Waals surface area (Å²) in [5.41, 5.74) is 2.58. The zero-order valence-corrected chi connectivity index (χ0v) is 17.9. The van der Waals surface area contributed by atoms with E-state index < -0.39 is 0 Å². The molecule has 4 aromatic rings. The Balaban J connectivity index is 1.52. The zero-order chi connectivity index (χ0) is 21.8. The van der Waals surface area contributed by atoms with Gasteiger partial charge in [-0.25, -0.2) is 4.68 Å². The lowest BCUT2D eigenvalue weighted by Crippen LogP contribution is -2.25. The standard InChI is InChI=1S/C21H21N7O2S/c1-15-19(20(30)28(26(15)2)17-11-7-4-8-12-17)27-21(23-24-25-27)31-14-18(29)22-13-16-9-5-3-6-10-16/h3-12H,13-14H2,1-2H3,(H,22,29). The Morgan fingerprint density at radius 1 is 1.06 bits per heavy atom. The lowest BCUT2D eigenvalue weighted by atomic mass is 10.2. The number of hydrogen-bond acceptors (Lipinski definition) is 6. The summed E-state index contributed by atoms with van der Waals surface area (Å²) in [6.45, 7) is 2.28. The second kappa shape index (κ2) is 9.00. The molecule has 0 aliphatic carbocycles. The molecule has 0 aliphatic heterocycles. The molecule has 2 aromatic heterocycles. The van der Waals surface area contributed by atoms with Crippen LogP contribution in [0.15, 0.2) is 70.6 Å². The van der Waals surface area contributed by atoms with E-state index in [-0.39, 0.29) is 17.2 Å². The largest absolute Gasteiger partial charge is 0.351 e. The minimum Gasteiger partial charge on any atom is -0.351 e. The summed E-state index contributed by atoms with van der Waals surface area (Å²) >= 11 is 1.18. The third-order valence-corrected chi connectivity index (χ3v) is 5.76. The highest BCUT2D eigenvalue weighted by atomic mass is 32.2. The molecule has 0 unspecified atom stereocenters. The molecule has 0 radical (unpaired) electrons. The molecule has 2 heterocycles. The quantitative estimate of drug-likeness (QED) is 0.445. The highest BCUT2D eigenvalue weighted by Gasteiger charge is 2.22. The van der Waals surface area contributed by atoms with Gasteiger partial charge in [0.1, 0.15) is 0 Å². The van der Waals surface area contributed by atoms with Gasteiger partial charge in [0, 0.05) is 13.6 Å². The van der Waals surface area contributed by atoms with E-state index in [1.54, 1.807) is 16.4 Å². The van der Waals surface area contributed by atoms with Crippen molar-refractivity contribution in [2.24, 2.45) is 7.05 Å². The van der Waals surface area contributed by atoms with Gasteiger partial charge in [0.15, 0.2) is 5.69 Å². The van der Waals surface area contributed by atoms with Gasteiger partial charge in [-0.05, 0) is 35.0 Å². The number of thioether (sulfide) groups is 1. The molecule has 9 nitrogen and oxygen atoms in total. The number of rotatable bonds is 7. The second-order valence-electron chi connectivity index (χ2n) is 6.83. The fourth-order valence-corrected chi connectivity index (χ4v) is 3.89. The molecule has 1 N–H and O–H groups in total. The highest BCUT2D eigenvalue weighted by Crippen LogP contribution is 2.19. The molecule has 10 heteroatoms. The van der Waals surface area contributed by atoms with Crippen LogP contribution in [0.1, 0.15) is 11.3 Å². The van der Waals surface area contributed by atoms with Crippen LogP contribution in [0.3, 0.4) is 0 Å². The monoisotopic (exact) mass is 435 g/mol. The minimum atomic E-state index is -0.242. The van der Waals surface area contributed by atoms with Gasteiger partial charge in [-0.3, -0.25) is 14.3 Å². The van der Waals surface area contributed by atoms with Crippen molar-refractivity contribution in [2.75, 3.05) is 5.75 Å². The molecule has 1 amide bonds. The molecule has 0 atom stereocenters. The normalized spacial score (nSPS) is 10.9. The molecule has 0 aliphatic rings. The maximum Gasteiger partial charge on any atom is 0.297 e. The summed E-state index contributed by atoms with van der Waals surface area (Å²) < 4.78 is 4.72. The van der Waals surface area contributed by atoms with Gasteiger partial charge in [0.2, 0.25) is 11.1 Å². The molecule has 4 rings (SSSR count). The van der Waals surface area contributed by atoms with Crippen molar-refractivity contribution >= 4 is 17.7 Å². The summed E-state index contributed by atoms with van der Waals surface area (Å²) in [4.78, 5) is 25.5. The molecule has 158 valence electrons. The molecular formula is C21H21N7O2S. The number of nitrogens with zero attached hydrogens (tertiary/aromatic N) is 6. The van der Waals surface area contributed by atoms with Gasteiger partial charge in [0.25, 0.3) is 5.56 Å². The lowest BCUT2D eigenvalue weighted by Gasteiger charge is -2.07.